The normalized spacial score (nSPS) is 16.1. The number of nitrogens with zero attached hydrogens (tertiary/aromatic N) is 4. The van der Waals surface area contributed by atoms with Gasteiger partial charge in [-0.3, -0.25) is 4.79 Å². The third kappa shape index (κ3) is 3.51. The maximum Gasteiger partial charge on any atom is 0.335 e. The molecule has 0 saturated carbocycles. The number of carboxylic acids is 1. The number of piperidine rings is 1. The second-order valence-corrected chi connectivity index (χ2v) is 8.87. The predicted molar refractivity (Wildman–Crippen MR) is 131 cm³/mol. The molecule has 172 valence electrons. The molecule has 0 radical (unpaired) electrons. The molecule has 3 heterocycles. The van der Waals surface area contributed by atoms with Crippen LogP contribution in [0.1, 0.15) is 34.3 Å². The lowest BCUT2D eigenvalue weighted by atomic mass is 10.1. The number of hydrogen-bond acceptors (Lipinski definition) is 5. The lowest BCUT2D eigenvalue weighted by Crippen LogP contribution is -2.43. The second kappa shape index (κ2) is 8.36. The molecule has 2 aromatic heterocycles. The van der Waals surface area contributed by atoms with Gasteiger partial charge in [-0.1, -0.05) is 18.2 Å². The molecule has 1 fully saturated rings. The topological polar surface area (TPSA) is 117 Å². The van der Waals surface area contributed by atoms with Crippen LogP contribution in [0, 0.1) is 11.3 Å². The highest BCUT2D eigenvalue weighted by atomic mass is 16.4. The van der Waals surface area contributed by atoms with E-state index in [9.17, 15) is 20.0 Å². The number of nitriles is 1. The Balaban J connectivity index is 1.84. The Morgan fingerprint density at radius 3 is 2.74 bits per heavy atom. The highest BCUT2D eigenvalue weighted by Gasteiger charge is 2.25. The molecule has 0 spiro atoms. The van der Waals surface area contributed by atoms with E-state index in [2.05, 4.69) is 11.0 Å². The van der Waals surface area contributed by atoms with Gasteiger partial charge in [0.05, 0.1) is 29.3 Å². The van der Waals surface area contributed by atoms with Crippen molar-refractivity contribution in [3.05, 3.63) is 75.6 Å². The third-order valence-corrected chi connectivity index (χ3v) is 6.73. The Morgan fingerprint density at radius 1 is 1.21 bits per heavy atom. The van der Waals surface area contributed by atoms with E-state index >= 15 is 0 Å². The molecule has 1 saturated heterocycles. The number of pyridine rings is 1. The number of hydrogen-bond donors (Lipinski definition) is 2. The van der Waals surface area contributed by atoms with Crippen LogP contribution >= 0.6 is 0 Å². The first-order valence-electron chi connectivity index (χ1n) is 11.3. The predicted octanol–water partition coefficient (Wildman–Crippen LogP) is 3.04. The van der Waals surface area contributed by atoms with E-state index in [1.165, 1.54) is 6.07 Å². The molecular weight excluding hydrogens is 430 g/mol. The highest BCUT2D eigenvalue weighted by Crippen LogP contribution is 2.33. The number of anilines is 1. The smallest absolute Gasteiger partial charge is 0.335 e. The minimum absolute atomic E-state index is 0.0322. The molecule has 34 heavy (non-hydrogen) atoms. The summed E-state index contributed by atoms with van der Waals surface area (Å²) in [5, 5.41) is 20.6. The summed E-state index contributed by atoms with van der Waals surface area (Å²) < 4.78 is 3.51. The number of rotatable bonds is 4. The molecule has 0 aliphatic carbocycles. The first-order valence-corrected chi connectivity index (χ1v) is 11.3. The van der Waals surface area contributed by atoms with Crippen LogP contribution in [0.2, 0.25) is 0 Å². The number of fused-ring (bicyclic) bond motifs is 3. The third-order valence-electron chi connectivity index (χ3n) is 6.73. The fourth-order valence-corrected chi connectivity index (χ4v) is 4.99. The Kier molecular flexibility index (Phi) is 5.34. The Bertz CT molecular complexity index is 1540. The van der Waals surface area contributed by atoms with E-state index in [1.54, 1.807) is 29.8 Å². The van der Waals surface area contributed by atoms with Crippen LogP contribution < -0.4 is 16.2 Å². The van der Waals surface area contributed by atoms with Crippen LogP contribution in [0.3, 0.4) is 0 Å². The molecular formula is C26H25N5O3. The van der Waals surface area contributed by atoms with Gasteiger partial charge in [0.25, 0.3) is 5.56 Å². The molecule has 0 bridgehead atoms. The first-order chi connectivity index (χ1) is 16.4. The van der Waals surface area contributed by atoms with Gasteiger partial charge in [0, 0.05) is 37.0 Å². The van der Waals surface area contributed by atoms with Gasteiger partial charge in [-0.25, -0.2) is 4.79 Å². The number of carbonyl (C=O) groups is 1. The summed E-state index contributed by atoms with van der Waals surface area (Å²) in [5.74, 6) is -0.170. The van der Waals surface area contributed by atoms with Crippen LogP contribution in [-0.4, -0.2) is 39.3 Å². The summed E-state index contributed by atoms with van der Waals surface area (Å²) in [6, 6.07) is 16.4. The van der Waals surface area contributed by atoms with Crippen molar-refractivity contribution in [1.82, 2.24) is 9.13 Å². The average Bonchev–Trinajstić information content (AvgIpc) is 3.22. The molecule has 0 amide bonds. The molecule has 3 N–H and O–H groups in total. The van der Waals surface area contributed by atoms with Gasteiger partial charge in [-0.05, 0) is 48.7 Å². The molecule has 8 nitrogen and oxygen atoms in total. The van der Waals surface area contributed by atoms with Crippen LogP contribution in [0.5, 0.6) is 0 Å². The van der Waals surface area contributed by atoms with E-state index in [1.807, 2.05) is 28.8 Å². The van der Waals surface area contributed by atoms with E-state index in [0.29, 0.717) is 40.5 Å². The van der Waals surface area contributed by atoms with Crippen molar-refractivity contribution in [2.75, 3.05) is 18.0 Å². The zero-order chi connectivity index (χ0) is 24.0. The standard InChI is InChI=1S/C26H25N5O3/c1-29-22-9-8-16(26(33)34)11-20(22)21-12-23(30-10-4-7-19(28)15-30)31(24(21)25(29)32)14-18-6-3-2-5-17(18)13-27/h2-3,5-6,8-9,11-12,19H,4,7,10,14-15,28H2,1H3,(H,33,34)/t19-/m1/s1. The Hall–Kier alpha value is -4.09. The van der Waals surface area contributed by atoms with Crippen LogP contribution in [-0.2, 0) is 13.6 Å². The van der Waals surface area contributed by atoms with Crippen molar-refractivity contribution < 1.29 is 9.90 Å². The summed E-state index contributed by atoms with van der Waals surface area (Å²) in [5.41, 5.74) is 8.78. The molecule has 5 rings (SSSR count). The summed E-state index contributed by atoms with van der Waals surface area (Å²) in [4.78, 5) is 27.5. The summed E-state index contributed by atoms with van der Waals surface area (Å²) in [6.07, 6.45) is 1.89. The van der Waals surface area contributed by atoms with E-state index < -0.39 is 5.97 Å². The lowest BCUT2D eigenvalue weighted by Gasteiger charge is -2.33. The number of carboxylic acid groups (broad SMARTS) is 1. The molecule has 1 aliphatic rings. The highest BCUT2D eigenvalue weighted by molar-refractivity contribution is 6.08. The van der Waals surface area contributed by atoms with Gasteiger partial charge in [0.2, 0.25) is 0 Å². The largest absolute Gasteiger partial charge is 0.478 e. The van der Waals surface area contributed by atoms with Gasteiger partial charge in [0.1, 0.15) is 11.3 Å². The van der Waals surface area contributed by atoms with Gasteiger partial charge in [-0.15, -0.1) is 0 Å². The van der Waals surface area contributed by atoms with Gasteiger partial charge < -0.3 is 24.9 Å². The molecule has 1 atom stereocenters. The number of aromatic carboxylic acids is 1. The van der Waals surface area contributed by atoms with Crippen molar-refractivity contribution in [2.24, 2.45) is 12.8 Å². The maximum atomic E-state index is 13.6. The van der Waals surface area contributed by atoms with E-state index in [-0.39, 0.29) is 17.2 Å². The number of aromatic nitrogens is 2. The van der Waals surface area contributed by atoms with Crippen LogP contribution in [0.25, 0.3) is 21.8 Å². The Labute approximate surface area is 196 Å². The van der Waals surface area contributed by atoms with Crippen molar-refractivity contribution in [1.29, 1.82) is 5.26 Å². The van der Waals surface area contributed by atoms with Crippen molar-refractivity contribution in [3.63, 3.8) is 0 Å². The minimum Gasteiger partial charge on any atom is -0.478 e. The van der Waals surface area contributed by atoms with Crippen molar-refractivity contribution in [2.45, 2.75) is 25.4 Å². The lowest BCUT2D eigenvalue weighted by molar-refractivity contribution is 0.0697. The van der Waals surface area contributed by atoms with Crippen molar-refractivity contribution >= 4 is 33.6 Å². The zero-order valence-electron chi connectivity index (χ0n) is 18.9. The van der Waals surface area contributed by atoms with Gasteiger partial charge in [-0.2, -0.15) is 5.26 Å². The second-order valence-electron chi connectivity index (χ2n) is 8.87. The van der Waals surface area contributed by atoms with Crippen LogP contribution in [0.15, 0.2) is 53.3 Å². The maximum absolute atomic E-state index is 13.6. The molecule has 1 aliphatic heterocycles. The number of nitrogens with two attached hydrogens (primary N) is 1. The summed E-state index contributed by atoms with van der Waals surface area (Å²) >= 11 is 0. The average molecular weight is 456 g/mol. The van der Waals surface area contributed by atoms with Crippen molar-refractivity contribution in [3.8, 4) is 6.07 Å². The molecule has 2 aromatic carbocycles. The minimum atomic E-state index is -1.02. The molecule has 8 heteroatoms. The monoisotopic (exact) mass is 455 g/mol. The van der Waals surface area contributed by atoms with E-state index in [4.69, 9.17) is 5.73 Å². The SMILES string of the molecule is Cn1c(=O)c2c(cc(N3CCC[C@@H](N)C3)n2Cc2ccccc2C#N)c2cc(C(=O)O)ccc21. The fraction of sp³-hybridized carbons (Fsp3) is 0.269. The van der Waals surface area contributed by atoms with Gasteiger partial charge in [0.15, 0.2) is 0 Å². The van der Waals surface area contributed by atoms with Crippen LogP contribution in [0.4, 0.5) is 5.82 Å². The quantitative estimate of drug-likeness (QED) is 0.488. The molecule has 0 unspecified atom stereocenters. The zero-order valence-corrected chi connectivity index (χ0v) is 18.9. The van der Waals surface area contributed by atoms with Gasteiger partial charge >= 0.3 is 5.97 Å². The Morgan fingerprint density at radius 2 is 2.00 bits per heavy atom. The number of benzene rings is 2. The number of aryl methyl sites for hydroxylation is 1. The van der Waals surface area contributed by atoms with E-state index in [0.717, 1.165) is 30.8 Å². The summed E-state index contributed by atoms with van der Waals surface area (Å²) in [6.45, 7) is 1.81. The summed E-state index contributed by atoms with van der Waals surface area (Å²) in [7, 11) is 1.70. The molecule has 4 aromatic rings. The first kappa shape index (κ1) is 21.7. The fourth-order valence-electron chi connectivity index (χ4n) is 4.99.